The summed E-state index contributed by atoms with van der Waals surface area (Å²) >= 11 is 0. The summed E-state index contributed by atoms with van der Waals surface area (Å²) < 4.78 is 27.4. The van der Waals surface area contributed by atoms with Gasteiger partial charge in [-0.1, -0.05) is 25.5 Å². The quantitative estimate of drug-likeness (QED) is 0.851. The number of nitrogens with two attached hydrogens (primary N) is 1. The Morgan fingerprint density at radius 1 is 1.39 bits per heavy atom. The zero-order chi connectivity index (χ0) is 13.2. The molecule has 100 valence electrons. The topological polar surface area (TPSA) is 72.2 Å². The minimum Gasteiger partial charge on any atom is -0.326 e. The lowest BCUT2D eigenvalue weighted by atomic mass is 9.94. The molecule has 1 aliphatic rings. The van der Waals surface area contributed by atoms with Crippen molar-refractivity contribution >= 4 is 10.0 Å². The van der Waals surface area contributed by atoms with Crippen LogP contribution in [0, 0.1) is 0 Å². The molecule has 0 unspecified atom stereocenters. The van der Waals surface area contributed by atoms with Gasteiger partial charge in [-0.15, -0.1) is 0 Å². The Hall–Kier alpha value is -0.910. The third-order valence-corrected chi connectivity index (χ3v) is 5.07. The monoisotopic (exact) mass is 268 g/mol. The van der Waals surface area contributed by atoms with E-state index in [2.05, 4.69) is 4.72 Å². The summed E-state index contributed by atoms with van der Waals surface area (Å²) in [5.74, 6) is 0. The van der Waals surface area contributed by atoms with Crippen LogP contribution in [0.1, 0.15) is 37.3 Å². The Kier molecular flexibility index (Phi) is 4.04. The molecule has 1 aromatic carbocycles. The third kappa shape index (κ3) is 2.74. The van der Waals surface area contributed by atoms with Crippen molar-refractivity contribution in [1.82, 2.24) is 4.72 Å². The average molecular weight is 268 g/mol. The first-order valence-corrected chi connectivity index (χ1v) is 7.89. The van der Waals surface area contributed by atoms with Gasteiger partial charge < -0.3 is 5.73 Å². The van der Waals surface area contributed by atoms with Gasteiger partial charge in [0.2, 0.25) is 10.0 Å². The second-order valence-corrected chi connectivity index (χ2v) is 6.43. The van der Waals surface area contributed by atoms with Crippen molar-refractivity contribution in [3.63, 3.8) is 0 Å². The van der Waals surface area contributed by atoms with Crippen LogP contribution in [-0.4, -0.2) is 14.5 Å². The van der Waals surface area contributed by atoms with Gasteiger partial charge in [-0.3, -0.25) is 0 Å². The molecule has 0 bridgehead atoms. The van der Waals surface area contributed by atoms with Crippen molar-refractivity contribution in [1.29, 1.82) is 0 Å². The Morgan fingerprint density at radius 2 is 2.11 bits per heavy atom. The summed E-state index contributed by atoms with van der Waals surface area (Å²) in [5, 5.41) is 0. The number of rotatable bonds is 5. The van der Waals surface area contributed by atoms with Crippen LogP contribution < -0.4 is 10.5 Å². The lowest BCUT2D eigenvalue weighted by molar-refractivity contribution is 0.383. The first-order chi connectivity index (χ1) is 8.56. The predicted molar refractivity (Wildman–Crippen MR) is 71.7 cm³/mol. The van der Waals surface area contributed by atoms with Crippen LogP contribution in [0.15, 0.2) is 23.1 Å². The van der Waals surface area contributed by atoms with Crippen molar-refractivity contribution < 1.29 is 8.42 Å². The number of hydrogen-bond acceptors (Lipinski definition) is 3. The smallest absolute Gasteiger partial charge is 0.241 e. The molecule has 0 spiro atoms. The van der Waals surface area contributed by atoms with E-state index < -0.39 is 10.0 Å². The summed E-state index contributed by atoms with van der Waals surface area (Å²) in [6.45, 7) is 2.32. The maximum atomic E-state index is 12.3. The molecule has 3 N–H and O–H groups in total. The number of hydrogen-bond donors (Lipinski definition) is 2. The highest BCUT2D eigenvalue weighted by Gasteiger charge is 2.26. The molecule has 0 saturated heterocycles. The number of aryl methyl sites for hydroxylation is 1. The fourth-order valence-electron chi connectivity index (χ4n) is 2.08. The molecule has 1 saturated carbocycles. The van der Waals surface area contributed by atoms with Gasteiger partial charge >= 0.3 is 0 Å². The molecular weight excluding hydrogens is 248 g/mol. The lowest BCUT2D eigenvalue weighted by Gasteiger charge is -2.26. The second kappa shape index (κ2) is 5.38. The van der Waals surface area contributed by atoms with Gasteiger partial charge in [-0.2, -0.15) is 0 Å². The maximum absolute atomic E-state index is 12.3. The number of nitrogens with one attached hydrogen (secondary N) is 1. The van der Waals surface area contributed by atoms with E-state index in [1.54, 1.807) is 6.07 Å². The van der Waals surface area contributed by atoms with E-state index in [0.717, 1.165) is 30.4 Å². The summed E-state index contributed by atoms with van der Waals surface area (Å²) in [6, 6.07) is 5.56. The minimum atomic E-state index is -3.40. The van der Waals surface area contributed by atoms with Crippen molar-refractivity contribution in [2.24, 2.45) is 5.73 Å². The third-order valence-electron chi connectivity index (χ3n) is 3.46. The van der Waals surface area contributed by atoms with Crippen molar-refractivity contribution in [2.75, 3.05) is 0 Å². The molecule has 1 fully saturated rings. The SMILES string of the molecule is CCc1ccc(CN)cc1S(=O)(=O)NC1CCC1. The van der Waals surface area contributed by atoms with Crippen molar-refractivity contribution in [3.8, 4) is 0 Å². The van der Waals surface area contributed by atoms with Gasteiger partial charge in [0, 0.05) is 12.6 Å². The van der Waals surface area contributed by atoms with Gasteiger partial charge in [0.05, 0.1) is 4.90 Å². The maximum Gasteiger partial charge on any atom is 0.241 e. The van der Waals surface area contributed by atoms with Crippen LogP contribution in [0.4, 0.5) is 0 Å². The molecule has 1 aromatic rings. The molecular formula is C13H20N2O2S. The van der Waals surface area contributed by atoms with Gasteiger partial charge in [0.25, 0.3) is 0 Å². The van der Waals surface area contributed by atoms with Crippen LogP contribution in [0.5, 0.6) is 0 Å². The first-order valence-electron chi connectivity index (χ1n) is 6.41. The molecule has 0 aromatic heterocycles. The zero-order valence-corrected chi connectivity index (χ0v) is 11.5. The fraction of sp³-hybridized carbons (Fsp3) is 0.538. The zero-order valence-electron chi connectivity index (χ0n) is 10.6. The van der Waals surface area contributed by atoms with E-state index in [-0.39, 0.29) is 6.04 Å². The van der Waals surface area contributed by atoms with Crippen molar-refractivity contribution in [2.45, 2.75) is 50.1 Å². The van der Waals surface area contributed by atoms with E-state index in [1.165, 1.54) is 0 Å². The van der Waals surface area contributed by atoms with Crippen molar-refractivity contribution in [3.05, 3.63) is 29.3 Å². The van der Waals surface area contributed by atoms with E-state index in [4.69, 9.17) is 5.73 Å². The fourth-order valence-corrected chi connectivity index (χ4v) is 3.74. The predicted octanol–water partition coefficient (Wildman–Crippen LogP) is 1.54. The highest BCUT2D eigenvalue weighted by molar-refractivity contribution is 7.89. The lowest BCUT2D eigenvalue weighted by Crippen LogP contribution is -2.39. The second-order valence-electron chi connectivity index (χ2n) is 4.75. The van der Waals surface area contributed by atoms with Crippen LogP contribution in [0.2, 0.25) is 0 Å². The number of benzene rings is 1. The summed E-state index contributed by atoms with van der Waals surface area (Å²) in [5.41, 5.74) is 7.27. The van der Waals surface area contributed by atoms with E-state index in [9.17, 15) is 8.42 Å². The minimum absolute atomic E-state index is 0.112. The van der Waals surface area contributed by atoms with Crippen LogP contribution >= 0.6 is 0 Å². The molecule has 0 radical (unpaired) electrons. The standard InChI is InChI=1S/C13H20N2O2S/c1-2-11-7-6-10(9-14)8-13(11)18(16,17)15-12-4-3-5-12/h6-8,12,15H,2-5,9,14H2,1H3. The van der Waals surface area contributed by atoms with Gasteiger partial charge in [0.1, 0.15) is 0 Å². The molecule has 0 amide bonds. The van der Waals surface area contributed by atoms with Crippen LogP contribution in [-0.2, 0) is 23.0 Å². The van der Waals surface area contributed by atoms with E-state index in [0.29, 0.717) is 17.9 Å². The summed E-state index contributed by atoms with van der Waals surface area (Å²) in [7, 11) is -3.40. The first kappa shape index (κ1) is 13.5. The highest BCUT2D eigenvalue weighted by Crippen LogP contribution is 2.23. The molecule has 0 aliphatic heterocycles. The van der Waals surface area contributed by atoms with Gasteiger partial charge in [0.15, 0.2) is 0 Å². The highest BCUT2D eigenvalue weighted by atomic mass is 32.2. The molecule has 4 nitrogen and oxygen atoms in total. The number of sulfonamides is 1. The average Bonchev–Trinajstić information content (AvgIpc) is 2.33. The molecule has 2 rings (SSSR count). The summed E-state index contributed by atoms with van der Waals surface area (Å²) in [6.07, 6.45) is 3.69. The molecule has 0 heterocycles. The molecule has 1 aliphatic carbocycles. The normalized spacial score (nSPS) is 16.6. The summed E-state index contributed by atoms with van der Waals surface area (Å²) in [4.78, 5) is 0.389. The van der Waals surface area contributed by atoms with E-state index >= 15 is 0 Å². The Balaban J connectivity index is 2.34. The Bertz CT molecular complexity index is 522. The van der Waals surface area contributed by atoms with E-state index in [1.807, 2.05) is 19.1 Å². The Morgan fingerprint density at radius 3 is 2.61 bits per heavy atom. The molecule has 0 atom stereocenters. The molecule has 18 heavy (non-hydrogen) atoms. The van der Waals surface area contributed by atoms with Crippen LogP contribution in [0.3, 0.4) is 0 Å². The Labute approximate surface area is 109 Å². The molecule has 5 heteroatoms. The van der Waals surface area contributed by atoms with Gasteiger partial charge in [-0.05, 0) is 36.5 Å². The van der Waals surface area contributed by atoms with Crippen LogP contribution in [0.25, 0.3) is 0 Å². The van der Waals surface area contributed by atoms with Gasteiger partial charge in [-0.25, -0.2) is 13.1 Å². The largest absolute Gasteiger partial charge is 0.326 e.